The number of rotatable bonds is 0. The van der Waals surface area contributed by atoms with Gasteiger partial charge in [-0.25, -0.2) is 0 Å². The van der Waals surface area contributed by atoms with Crippen LogP contribution < -0.4 is 0 Å². The van der Waals surface area contributed by atoms with Gasteiger partial charge in [-0.05, 0) is 0 Å². The van der Waals surface area contributed by atoms with Crippen molar-refractivity contribution in [2.45, 2.75) is 18.9 Å². The van der Waals surface area contributed by atoms with Crippen LogP contribution in [0.2, 0.25) is 0 Å². The number of halogens is 3. The molecule has 0 aromatic carbocycles. The number of hydrogen-bond donors (Lipinski definition) is 0. The second kappa shape index (κ2) is 1.81. The molecule has 2 nitrogen and oxygen atoms in total. The highest BCUT2D eigenvalue weighted by molar-refractivity contribution is 4.83. The quantitative estimate of drug-likeness (QED) is 0.529. The van der Waals surface area contributed by atoms with E-state index in [0.717, 1.165) is 6.26 Å². The molecule has 0 bridgehead atoms. The standard InChI is InChI=1S/C5H5F3O2/c1-4(6)5(7,8)10-3-2-9-4/h2-3H,1H3. The normalized spacial score (nSPS) is 36.4. The van der Waals surface area contributed by atoms with E-state index in [1.54, 1.807) is 0 Å². The Morgan fingerprint density at radius 1 is 1.10 bits per heavy atom. The van der Waals surface area contributed by atoms with E-state index in [0.29, 0.717) is 13.2 Å². The maximum atomic E-state index is 12.5. The average molecular weight is 154 g/mol. The second-order valence-electron chi connectivity index (χ2n) is 1.94. The molecule has 0 fully saturated rings. The zero-order valence-electron chi connectivity index (χ0n) is 5.11. The summed E-state index contributed by atoms with van der Waals surface area (Å²) < 4.78 is 44.5. The summed E-state index contributed by atoms with van der Waals surface area (Å²) in [5, 5.41) is 0. The van der Waals surface area contributed by atoms with Crippen molar-refractivity contribution in [3.05, 3.63) is 12.5 Å². The van der Waals surface area contributed by atoms with Gasteiger partial charge in [0.05, 0.1) is 0 Å². The summed E-state index contributed by atoms with van der Waals surface area (Å²) in [6.45, 7) is 0.594. The van der Waals surface area contributed by atoms with Gasteiger partial charge in [-0.2, -0.15) is 13.2 Å². The van der Waals surface area contributed by atoms with Crippen molar-refractivity contribution in [2.75, 3.05) is 0 Å². The summed E-state index contributed by atoms with van der Waals surface area (Å²) in [5.74, 6) is -3.07. The van der Waals surface area contributed by atoms with E-state index in [1.165, 1.54) is 0 Å². The summed E-state index contributed by atoms with van der Waals surface area (Å²) in [7, 11) is 0. The van der Waals surface area contributed by atoms with Gasteiger partial charge in [0.2, 0.25) is 0 Å². The van der Waals surface area contributed by atoms with Crippen LogP contribution >= 0.6 is 0 Å². The first-order valence-corrected chi connectivity index (χ1v) is 2.53. The lowest BCUT2D eigenvalue weighted by Crippen LogP contribution is -2.45. The maximum Gasteiger partial charge on any atom is 0.470 e. The van der Waals surface area contributed by atoms with Crippen LogP contribution in [-0.2, 0) is 9.47 Å². The number of hydrogen-bond acceptors (Lipinski definition) is 2. The second-order valence-corrected chi connectivity index (χ2v) is 1.94. The van der Waals surface area contributed by atoms with Crippen LogP contribution in [0.1, 0.15) is 6.92 Å². The SMILES string of the molecule is CC1(F)OC=COC1(F)F. The first-order valence-electron chi connectivity index (χ1n) is 2.53. The summed E-state index contributed by atoms with van der Waals surface area (Å²) in [6.07, 6.45) is -2.57. The Hall–Kier alpha value is -0.870. The highest BCUT2D eigenvalue weighted by Crippen LogP contribution is 2.37. The van der Waals surface area contributed by atoms with Crippen molar-refractivity contribution in [1.29, 1.82) is 0 Å². The van der Waals surface area contributed by atoms with E-state index in [4.69, 9.17) is 0 Å². The van der Waals surface area contributed by atoms with Gasteiger partial charge in [-0.3, -0.25) is 0 Å². The topological polar surface area (TPSA) is 18.5 Å². The molecule has 1 heterocycles. The molecule has 0 radical (unpaired) electrons. The van der Waals surface area contributed by atoms with Crippen molar-refractivity contribution >= 4 is 0 Å². The molecule has 1 aliphatic rings. The third-order valence-corrected chi connectivity index (χ3v) is 1.08. The molecule has 0 amide bonds. The van der Waals surface area contributed by atoms with Gasteiger partial charge in [0.1, 0.15) is 12.5 Å². The highest BCUT2D eigenvalue weighted by atomic mass is 19.3. The highest BCUT2D eigenvalue weighted by Gasteiger charge is 2.57. The Bertz CT molecular complexity index is 146. The molecule has 0 aromatic rings. The fraction of sp³-hybridized carbons (Fsp3) is 0.600. The van der Waals surface area contributed by atoms with Gasteiger partial charge in [0.25, 0.3) is 0 Å². The Kier molecular flexibility index (Phi) is 1.31. The molecular weight excluding hydrogens is 149 g/mol. The largest absolute Gasteiger partial charge is 0.470 e. The van der Waals surface area contributed by atoms with Crippen LogP contribution in [0.25, 0.3) is 0 Å². The van der Waals surface area contributed by atoms with Crippen molar-refractivity contribution in [3.8, 4) is 0 Å². The Morgan fingerprint density at radius 2 is 1.60 bits per heavy atom. The molecule has 10 heavy (non-hydrogen) atoms. The summed E-state index contributed by atoms with van der Waals surface area (Å²) >= 11 is 0. The number of alkyl halides is 3. The van der Waals surface area contributed by atoms with E-state index in [1.807, 2.05) is 0 Å². The molecular formula is C5H5F3O2. The summed E-state index contributed by atoms with van der Waals surface area (Å²) in [6, 6.07) is 0. The van der Waals surface area contributed by atoms with Crippen LogP contribution in [0.4, 0.5) is 13.2 Å². The Morgan fingerprint density at radius 3 is 1.90 bits per heavy atom. The molecule has 58 valence electrons. The van der Waals surface area contributed by atoms with Gasteiger partial charge >= 0.3 is 12.0 Å². The minimum atomic E-state index is -3.90. The summed E-state index contributed by atoms with van der Waals surface area (Å²) in [5.41, 5.74) is 0. The van der Waals surface area contributed by atoms with Gasteiger partial charge in [-0.1, -0.05) is 0 Å². The van der Waals surface area contributed by atoms with Crippen LogP contribution in [0.15, 0.2) is 12.5 Å². The van der Waals surface area contributed by atoms with E-state index in [2.05, 4.69) is 9.47 Å². The first-order chi connectivity index (χ1) is 4.46. The van der Waals surface area contributed by atoms with E-state index in [-0.39, 0.29) is 0 Å². The van der Waals surface area contributed by atoms with Gasteiger partial charge in [0, 0.05) is 6.92 Å². The maximum absolute atomic E-state index is 12.5. The minimum absolute atomic E-state index is 0.594. The fourth-order valence-corrected chi connectivity index (χ4v) is 0.443. The minimum Gasteiger partial charge on any atom is -0.454 e. The van der Waals surface area contributed by atoms with Crippen molar-refractivity contribution in [2.24, 2.45) is 0 Å². The van der Waals surface area contributed by atoms with Gasteiger partial charge in [-0.15, -0.1) is 0 Å². The lowest BCUT2D eigenvalue weighted by molar-refractivity contribution is -0.360. The molecule has 1 unspecified atom stereocenters. The Balaban J connectivity index is 2.84. The molecule has 1 aliphatic heterocycles. The average Bonchev–Trinajstić information content (AvgIpc) is 1.77. The lowest BCUT2D eigenvalue weighted by atomic mass is 10.3. The smallest absolute Gasteiger partial charge is 0.454 e. The monoisotopic (exact) mass is 154 g/mol. The molecule has 0 saturated carbocycles. The molecule has 5 heteroatoms. The summed E-state index contributed by atoms with van der Waals surface area (Å²) in [4.78, 5) is 0. The van der Waals surface area contributed by atoms with E-state index in [9.17, 15) is 13.2 Å². The van der Waals surface area contributed by atoms with Crippen LogP contribution in [0.3, 0.4) is 0 Å². The lowest BCUT2D eigenvalue weighted by Gasteiger charge is -2.30. The van der Waals surface area contributed by atoms with E-state index >= 15 is 0 Å². The van der Waals surface area contributed by atoms with Crippen LogP contribution in [0, 0.1) is 0 Å². The zero-order chi connectivity index (χ0) is 7.83. The van der Waals surface area contributed by atoms with Gasteiger partial charge in [0.15, 0.2) is 0 Å². The third kappa shape index (κ3) is 0.913. The fourth-order valence-electron chi connectivity index (χ4n) is 0.443. The van der Waals surface area contributed by atoms with Crippen molar-refractivity contribution in [1.82, 2.24) is 0 Å². The molecule has 1 rings (SSSR count). The predicted molar refractivity (Wildman–Crippen MR) is 25.8 cm³/mol. The molecule has 0 aliphatic carbocycles. The molecule has 1 atom stereocenters. The van der Waals surface area contributed by atoms with Crippen molar-refractivity contribution in [3.63, 3.8) is 0 Å². The Labute approximate surface area is 55.2 Å². The molecule has 0 aromatic heterocycles. The number of ether oxygens (including phenoxy) is 2. The first kappa shape index (κ1) is 7.24. The molecule has 0 saturated heterocycles. The van der Waals surface area contributed by atoms with Crippen molar-refractivity contribution < 1.29 is 22.6 Å². The van der Waals surface area contributed by atoms with Crippen LogP contribution in [0.5, 0.6) is 0 Å². The molecule has 0 spiro atoms. The predicted octanol–water partition coefficient (Wildman–Crippen LogP) is 1.78. The van der Waals surface area contributed by atoms with Crippen LogP contribution in [-0.4, -0.2) is 12.0 Å². The molecule has 0 N–H and O–H groups in total. The third-order valence-electron chi connectivity index (χ3n) is 1.08. The zero-order valence-corrected chi connectivity index (χ0v) is 5.11. The van der Waals surface area contributed by atoms with E-state index < -0.39 is 12.0 Å². The van der Waals surface area contributed by atoms with Gasteiger partial charge < -0.3 is 9.47 Å².